The summed E-state index contributed by atoms with van der Waals surface area (Å²) in [6, 6.07) is 3.55. The van der Waals surface area contributed by atoms with Gasteiger partial charge in [-0.15, -0.1) is 0 Å². The van der Waals surface area contributed by atoms with Crippen molar-refractivity contribution in [1.82, 2.24) is 5.32 Å². The van der Waals surface area contributed by atoms with Crippen LogP contribution >= 0.6 is 0 Å². The molecule has 2 amide bonds. The van der Waals surface area contributed by atoms with E-state index in [1.165, 1.54) is 6.07 Å². The maximum absolute atomic E-state index is 13.4. The van der Waals surface area contributed by atoms with Crippen LogP contribution < -0.4 is 5.32 Å². The summed E-state index contributed by atoms with van der Waals surface area (Å²) >= 11 is 0. The summed E-state index contributed by atoms with van der Waals surface area (Å²) < 4.78 is 18.5. The Hall–Kier alpha value is -2.24. The number of amides is 2. The Morgan fingerprint density at radius 2 is 2.11 bits per heavy atom. The third-order valence-corrected chi connectivity index (χ3v) is 3.57. The Bertz CT molecular complexity index is 627. The van der Waals surface area contributed by atoms with E-state index in [0.29, 0.717) is 0 Å². The third-order valence-electron chi connectivity index (χ3n) is 3.57. The predicted octanol–water partition coefficient (Wildman–Crippen LogP) is 1.51. The Labute approximate surface area is 107 Å². The van der Waals surface area contributed by atoms with Gasteiger partial charge in [0.1, 0.15) is 5.82 Å². The number of carbonyl (C=O) groups is 3. The van der Waals surface area contributed by atoms with Crippen molar-refractivity contribution in [3.63, 3.8) is 0 Å². The number of imide groups is 1. The highest BCUT2D eigenvalue weighted by molar-refractivity contribution is 6.09. The van der Waals surface area contributed by atoms with Crippen LogP contribution in [0, 0.1) is 11.7 Å². The number of hydrogen-bond acceptors (Lipinski definition) is 4. The van der Waals surface area contributed by atoms with Crippen LogP contribution in [0.5, 0.6) is 0 Å². The van der Waals surface area contributed by atoms with Crippen LogP contribution in [0.2, 0.25) is 0 Å². The lowest BCUT2D eigenvalue weighted by Gasteiger charge is -2.33. The minimum Gasteiger partial charge on any atom is -0.427 e. The van der Waals surface area contributed by atoms with Gasteiger partial charge in [-0.3, -0.25) is 14.9 Å². The van der Waals surface area contributed by atoms with Gasteiger partial charge in [-0.1, -0.05) is 6.92 Å². The van der Waals surface area contributed by atoms with Gasteiger partial charge in [0.25, 0.3) is 5.91 Å². The molecule has 19 heavy (non-hydrogen) atoms. The number of rotatable bonds is 0. The number of Topliss-reactive ketones (excluding diaryl/α,β-unsaturated/α-hetero) is 1. The first-order valence-electron chi connectivity index (χ1n) is 5.83. The molecule has 6 heteroatoms. The number of fused-ring (bicyclic) bond motifs is 2. The van der Waals surface area contributed by atoms with Gasteiger partial charge in [-0.05, 0) is 18.2 Å². The molecule has 2 unspecified atom stereocenters. The average Bonchev–Trinajstić information content (AvgIpc) is 2.62. The summed E-state index contributed by atoms with van der Waals surface area (Å²) in [5.74, 6) is -1.90. The largest absolute Gasteiger partial charge is 0.427 e. The molecule has 5 nitrogen and oxygen atoms in total. The molecule has 0 radical (unpaired) electrons. The first-order valence-corrected chi connectivity index (χ1v) is 5.83. The molecule has 1 N–H and O–H groups in total. The van der Waals surface area contributed by atoms with Gasteiger partial charge >= 0.3 is 6.09 Å². The van der Waals surface area contributed by atoms with Gasteiger partial charge in [0.2, 0.25) is 5.60 Å². The van der Waals surface area contributed by atoms with Gasteiger partial charge in [0, 0.05) is 23.5 Å². The maximum atomic E-state index is 13.4. The van der Waals surface area contributed by atoms with E-state index in [0.717, 1.165) is 12.1 Å². The second-order valence-electron chi connectivity index (χ2n) is 4.83. The third kappa shape index (κ3) is 1.49. The normalized spacial score (nSPS) is 29.2. The molecule has 0 saturated carbocycles. The van der Waals surface area contributed by atoms with Crippen molar-refractivity contribution in [2.75, 3.05) is 0 Å². The van der Waals surface area contributed by atoms with E-state index >= 15 is 0 Å². The molecule has 1 heterocycles. The molecule has 1 aliphatic carbocycles. The minimum atomic E-state index is -1.58. The SMILES string of the molecule is CC1CC2(OC(=O)NC2=O)c2cc(F)ccc2C1=O. The monoisotopic (exact) mass is 263 g/mol. The fraction of sp³-hybridized carbons (Fsp3) is 0.308. The summed E-state index contributed by atoms with van der Waals surface area (Å²) in [5.41, 5.74) is -1.23. The fourth-order valence-electron chi connectivity index (χ4n) is 2.70. The van der Waals surface area contributed by atoms with Gasteiger partial charge in [0.05, 0.1) is 0 Å². The summed E-state index contributed by atoms with van der Waals surface area (Å²) in [5, 5.41) is 2.04. The number of alkyl carbamates (subject to hydrolysis) is 1. The molecule has 0 aromatic heterocycles. The van der Waals surface area contributed by atoms with Crippen molar-refractivity contribution in [3.05, 3.63) is 35.1 Å². The molecule has 3 rings (SSSR count). The smallest absolute Gasteiger partial charge is 0.415 e. The maximum Gasteiger partial charge on any atom is 0.415 e. The highest BCUT2D eigenvalue weighted by Crippen LogP contribution is 2.43. The van der Waals surface area contributed by atoms with E-state index in [2.05, 4.69) is 0 Å². The summed E-state index contributed by atoms with van der Waals surface area (Å²) in [6.07, 6.45) is -0.846. The molecule has 1 saturated heterocycles. The number of hydrogen-bond donors (Lipinski definition) is 1. The van der Waals surface area contributed by atoms with Crippen molar-refractivity contribution in [3.8, 4) is 0 Å². The molecule has 1 fully saturated rings. The molecule has 98 valence electrons. The van der Waals surface area contributed by atoms with Crippen molar-refractivity contribution in [2.24, 2.45) is 5.92 Å². The van der Waals surface area contributed by atoms with Crippen LogP contribution in [0.4, 0.5) is 9.18 Å². The standard InChI is InChI=1S/C13H10FNO4/c1-6-5-13(11(17)15-12(18)19-13)9-4-7(14)2-3-8(9)10(6)16/h2-4,6H,5H2,1H3,(H,15,17,18). The van der Waals surface area contributed by atoms with Gasteiger partial charge in [-0.25, -0.2) is 9.18 Å². The van der Waals surface area contributed by atoms with Crippen molar-refractivity contribution < 1.29 is 23.5 Å². The zero-order valence-electron chi connectivity index (χ0n) is 10.0. The quantitative estimate of drug-likeness (QED) is 0.770. The Morgan fingerprint density at radius 1 is 1.37 bits per heavy atom. The highest BCUT2D eigenvalue weighted by Gasteiger charge is 2.56. The van der Waals surface area contributed by atoms with Crippen molar-refractivity contribution in [1.29, 1.82) is 0 Å². The Morgan fingerprint density at radius 3 is 2.74 bits per heavy atom. The number of halogens is 1. The molecule has 1 aromatic carbocycles. The van der Waals surface area contributed by atoms with Crippen LogP contribution in [0.15, 0.2) is 18.2 Å². The van der Waals surface area contributed by atoms with E-state index in [1.54, 1.807) is 6.92 Å². The van der Waals surface area contributed by atoms with Crippen molar-refractivity contribution >= 4 is 17.8 Å². The second kappa shape index (κ2) is 3.63. The fourth-order valence-corrected chi connectivity index (χ4v) is 2.70. The van der Waals surface area contributed by atoms with Gasteiger partial charge in [-0.2, -0.15) is 0 Å². The molecule has 2 aliphatic rings. The van der Waals surface area contributed by atoms with Crippen LogP contribution in [-0.4, -0.2) is 17.8 Å². The van der Waals surface area contributed by atoms with Crippen LogP contribution in [0.1, 0.15) is 29.3 Å². The first-order chi connectivity index (χ1) is 8.94. The molecule has 1 aliphatic heterocycles. The Balaban J connectivity index is 2.26. The number of ether oxygens (including phenoxy) is 1. The van der Waals surface area contributed by atoms with Crippen LogP contribution in [0.3, 0.4) is 0 Å². The Kier molecular flexibility index (Phi) is 2.26. The number of nitrogens with one attached hydrogen (secondary N) is 1. The van der Waals surface area contributed by atoms with E-state index in [9.17, 15) is 18.8 Å². The predicted molar refractivity (Wildman–Crippen MR) is 60.8 cm³/mol. The van der Waals surface area contributed by atoms with E-state index in [1.807, 2.05) is 5.32 Å². The number of benzene rings is 1. The lowest BCUT2D eigenvalue weighted by molar-refractivity contribution is -0.133. The lowest BCUT2D eigenvalue weighted by atomic mass is 9.73. The van der Waals surface area contributed by atoms with Crippen LogP contribution in [0.25, 0.3) is 0 Å². The zero-order chi connectivity index (χ0) is 13.8. The minimum absolute atomic E-state index is 0.0276. The van der Waals surface area contributed by atoms with Gasteiger partial charge < -0.3 is 4.74 Å². The van der Waals surface area contributed by atoms with E-state index < -0.39 is 29.3 Å². The molecule has 1 aromatic rings. The lowest BCUT2D eigenvalue weighted by Crippen LogP contribution is -2.44. The molecular formula is C13H10FNO4. The highest BCUT2D eigenvalue weighted by atomic mass is 19.1. The number of ketones is 1. The van der Waals surface area contributed by atoms with Crippen LogP contribution in [-0.2, 0) is 15.1 Å². The van der Waals surface area contributed by atoms with Crippen molar-refractivity contribution in [2.45, 2.75) is 18.9 Å². The number of carbonyl (C=O) groups excluding carboxylic acids is 3. The summed E-state index contributed by atoms with van der Waals surface area (Å²) in [4.78, 5) is 35.3. The molecule has 2 atom stereocenters. The molecular weight excluding hydrogens is 253 g/mol. The van der Waals surface area contributed by atoms with Gasteiger partial charge in [0.15, 0.2) is 5.78 Å². The van der Waals surface area contributed by atoms with E-state index in [-0.39, 0.29) is 23.3 Å². The first kappa shape index (κ1) is 11.8. The second-order valence-corrected chi connectivity index (χ2v) is 4.83. The average molecular weight is 263 g/mol. The summed E-state index contributed by atoms with van der Waals surface area (Å²) in [6.45, 7) is 1.65. The summed E-state index contributed by atoms with van der Waals surface area (Å²) in [7, 11) is 0. The molecule has 0 bridgehead atoms. The van der Waals surface area contributed by atoms with E-state index in [4.69, 9.17) is 4.74 Å². The molecule has 1 spiro atoms. The zero-order valence-corrected chi connectivity index (χ0v) is 10.0. The topological polar surface area (TPSA) is 72.5 Å².